The van der Waals surface area contributed by atoms with Gasteiger partial charge in [0.2, 0.25) is 15.8 Å². The van der Waals surface area contributed by atoms with Crippen LogP contribution in [0, 0.1) is 0 Å². The zero-order valence-corrected chi connectivity index (χ0v) is 17.1. The van der Waals surface area contributed by atoms with E-state index < -0.39 is 16.1 Å². The maximum absolute atomic E-state index is 12.9. The van der Waals surface area contributed by atoms with Gasteiger partial charge in [-0.05, 0) is 30.3 Å². The van der Waals surface area contributed by atoms with Crippen LogP contribution in [-0.4, -0.2) is 49.7 Å². The van der Waals surface area contributed by atoms with Gasteiger partial charge in [-0.25, -0.2) is 8.42 Å². The largest absolute Gasteiger partial charge is 0.497 e. The lowest BCUT2D eigenvalue weighted by atomic mass is 10.2. The first-order chi connectivity index (χ1) is 14.0. The summed E-state index contributed by atoms with van der Waals surface area (Å²) in [6.45, 7) is 0.498. The van der Waals surface area contributed by atoms with Crippen molar-refractivity contribution in [2.24, 2.45) is 0 Å². The zero-order chi connectivity index (χ0) is 20.4. The fraction of sp³-hybridized carbons (Fsp3) is 0.263. The molecule has 0 saturated carbocycles. The molecule has 10 heteroatoms. The second-order valence-electron chi connectivity index (χ2n) is 6.37. The topological polar surface area (TPSA) is 94.8 Å². The molecule has 0 spiro atoms. The minimum Gasteiger partial charge on any atom is -0.497 e. The van der Waals surface area contributed by atoms with Crippen molar-refractivity contribution in [2.75, 3.05) is 26.8 Å². The molecule has 4 rings (SSSR count). The van der Waals surface area contributed by atoms with Crippen molar-refractivity contribution >= 4 is 21.6 Å². The van der Waals surface area contributed by atoms with Crippen LogP contribution in [0.2, 0.25) is 5.02 Å². The van der Waals surface area contributed by atoms with Gasteiger partial charge in [0.25, 0.3) is 5.89 Å². The first-order valence-electron chi connectivity index (χ1n) is 8.83. The molecule has 1 saturated heterocycles. The Kier molecular flexibility index (Phi) is 5.55. The first-order valence-corrected chi connectivity index (χ1v) is 10.6. The number of halogens is 1. The van der Waals surface area contributed by atoms with E-state index in [1.54, 1.807) is 25.3 Å². The predicted octanol–water partition coefficient (Wildman–Crippen LogP) is 3.16. The van der Waals surface area contributed by atoms with Crippen molar-refractivity contribution in [3.8, 4) is 17.1 Å². The van der Waals surface area contributed by atoms with E-state index in [0.29, 0.717) is 16.6 Å². The monoisotopic (exact) mass is 435 g/mol. The number of hydrogen-bond acceptors (Lipinski definition) is 7. The van der Waals surface area contributed by atoms with Crippen molar-refractivity contribution in [1.29, 1.82) is 0 Å². The van der Waals surface area contributed by atoms with Crippen molar-refractivity contribution in [3.05, 3.63) is 59.4 Å². The Bertz CT molecular complexity index is 1120. The highest BCUT2D eigenvalue weighted by molar-refractivity contribution is 7.89. The van der Waals surface area contributed by atoms with Gasteiger partial charge in [0.15, 0.2) is 6.10 Å². The zero-order valence-electron chi connectivity index (χ0n) is 15.5. The lowest BCUT2D eigenvalue weighted by Crippen LogP contribution is -2.42. The lowest BCUT2D eigenvalue weighted by molar-refractivity contribution is -0.0199. The Morgan fingerprint density at radius 3 is 2.83 bits per heavy atom. The SMILES string of the molecule is COc1cccc(-c2noc([C@H]3CN(S(=O)(=O)c4cccc(Cl)c4)CCO3)n2)c1. The van der Waals surface area contributed by atoms with Crippen LogP contribution in [0.3, 0.4) is 0 Å². The predicted molar refractivity (Wildman–Crippen MR) is 105 cm³/mol. The molecule has 0 aliphatic carbocycles. The number of sulfonamides is 1. The molecule has 3 aromatic rings. The maximum atomic E-state index is 12.9. The summed E-state index contributed by atoms with van der Waals surface area (Å²) in [4.78, 5) is 4.51. The smallest absolute Gasteiger partial charge is 0.257 e. The molecule has 2 aromatic carbocycles. The Labute approximate surface area is 173 Å². The molecule has 0 bridgehead atoms. The molecule has 2 heterocycles. The van der Waals surface area contributed by atoms with E-state index in [4.69, 9.17) is 25.6 Å². The van der Waals surface area contributed by atoms with Gasteiger partial charge in [-0.3, -0.25) is 0 Å². The number of morpholine rings is 1. The molecule has 1 fully saturated rings. The highest BCUT2D eigenvalue weighted by Crippen LogP contribution is 2.28. The van der Waals surface area contributed by atoms with Gasteiger partial charge in [0, 0.05) is 23.7 Å². The molecule has 152 valence electrons. The van der Waals surface area contributed by atoms with Gasteiger partial charge in [-0.2, -0.15) is 9.29 Å². The Morgan fingerprint density at radius 2 is 2.03 bits per heavy atom. The highest BCUT2D eigenvalue weighted by atomic mass is 35.5. The van der Waals surface area contributed by atoms with E-state index >= 15 is 0 Å². The van der Waals surface area contributed by atoms with Crippen LogP contribution in [0.25, 0.3) is 11.4 Å². The molecule has 29 heavy (non-hydrogen) atoms. The number of methoxy groups -OCH3 is 1. The summed E-state index contributed by atoms with van der Waals surface area (Å²) in [6.07, 6.45) is -0.662. The van der Waals surface area contributed by atoms with Crippen LogP contribution in [0.1, 0.15) is 12.0 Å². The average molecular weight is 436 g/mol. The fourth-order valence-electron chi connectivity index (χ4n) is 3.02. The summed E-state index contributed by atoms with van der Waals surface area (Å²) in [5.74, 6) is 1.26. The van der Waals surface area contributed by atoms with Crippen molar-refractivity contribution in [2.45, 2.75) is 11.0 Å². The molecule has 1 aliphatic heterocycles. The van der Waals surface area contributed by atoms with Crippen molar-refractivity contribution < 1.29 is 22.4 Å². The molecule has 1 aliphatic rings. The summed E-state index contributed by atoms with van der Waals surface area (Å²) in [6, 6.07) is 13.4. The molecule has 0 unspecified atom stereocenters. The van der Waals surface area contributed by atoms with Crippen LogP contribution in [-0.2, 0) is 14.8 Å². The van der Waals surface area contributed by atoms with E-state index in [1.165, 1.54) is 16.4 Å². The summed E-state index contributed by atoms with van der Waals surface area (Å²) in [7, 11) is -2.14. The van der Waals surface area contributed by atoms with Gasteiger partial charge in [0.1, 0.15) is 5.75 Å². The summed E-state index contributed by atoms with van der Waals surface area (Å²) < 4.78 is 43.5. The molecular weight excluding hydrogens is 418 g/mol. The van der Waals surface area contributed by atoms with E-state index in [-0.39, 0.29) is 30.5 Å². The van der Waals surface area contributed by atoms with Crippen LogP contribution < -0.4 is 4.74 Å². The van der Waals surface area contributed by atoms with Gasteiger partial charge < -0.3 is 14.0 Å². The molecule has 0 radical (unpaired) electrons. The molecule has 8 nitrogen and oxygen atoms in total. The van der Waals surface area contributed by atoms with Crippen molar-refractivity contribution in [1.82, 2.24) is 14.4 Å². The number of nitrogens with zero attached hydrogens (tertiary/aromatic N) is 3. The Hall–Kier alpha value is -2.46. The second-order valence-corrected chi connectivity index (χ2v) is 8.74. The molecule has 0 N–H and O–H groups in total. The minimum absolute atomic E-state index is 0.0641. The third-order valence-corrected chi connectivity index (χ3v) is 6.60. The number of ether oxygens (including phenoxy) is 2. The third-order valence-electron chi connectivity index (χ3n) is 4.51. The summed E-state index contributed by atoms with van der Waals surface area (Å²) in [5, 5.41) is 4.34. The lowest BCUT2D eigenvalue weighted by Gasteiger charge is -2.30. The standard InChI is InChI=1S/C19H18ClN3O5S/c1-26-15-6-2-4-13(10-15)18-21-19(28-22-18)17-12-23(8-9-27-17)29(24,25)16-7-3-5-14(20)11-16/h2-7,10-11,17H,8-9,12H2,1H3/t17-/m1/s1. The van der Waals surface area contributed by atoms with E-state index in [9.17, 15) is 8.42 Å². The van der Waals surface area contributed by atoms with Gasteiger partial charge in [0.05, 0.1) is 18.6 Å². The first kappa shape index (κ1) is 19.8. The van der Waals surface area contributed by atoms with Crippen LogP contribution in [0.4, 0.5) is 0 Å². The van der Waals surface area contributed by atoms with E-state index in [0.717, 1.165) is 5.56 Å². The molecule has 1 atom stereocenters. The summed E-state index contributed by atoms with van der Waals surface area (Å²) >= 11 is 5.95. The average Bonchev–Trinajstić information content (AvgIpc) is 3.24. The van der Waals surface area contributed by atoms with Crippen LogP contribution in [0.15, 0.2) is 57.9 Å². The quantitative estimate of drug-likeness (QED) is 0.607. The summed E-state index contributed by atoms with van der Waals surface area (Å²) in [5.41, 5.74) is 0.721. The van der Waals surface area contributed by atoms with Gasteiger partial charge >= 0.3 is 0 Å². The number of rotatable bonds is 5. The van der Waals surface area contributed by atoms with E-state index in [1.807, 2.05) is 18.2 Å². The Morgan fingerprint density at radius 1 is 1.21 bits per heavy atom. The fourth-order valence-corrected chi connectivity index (χ4v) is 4.74. The number of benzene rings is 2. The molecular formula is C19H18ClN3O5S. The number of hydrogen-bond donors (Lipinski definition) is 0. The van der Waals surface area contributed by atoms with E-state index in [2.05, 4.69) is 10.1 Å². The molecule has 1 aromatic heterocycles. The minimum atomic E-state index is -3.72. The highest BCUT2D eigenvalue weighted by Gasteiger charge is 2.34. The van der Waals surface area contributed by atoms with Crippen molar-refractivity contribution in [3.63, 3.8) is 0 Å². The third kappa shape index (κ3) is 4.13. The van der Waals surface area contributed by atoms with Gasteiger partial charge in [-0.15, -0.1) is 0 Å². The van der Waals surface area contributed by atoms with Crippen LogP contribution >= 0.6 is 11.6 Å². The Balaban J connectivity index is 1.55. The second kappa shape index (κ2) is 8.11. The maximum Gasteiger partial charge on any atom is 0.257 e. The normalized spacial score (nSPS) is 17.9. The molecule has 0 amide bonds. The van der Waals surface area contributed by atoms with Crippen LogP contribution in [0.5, 0.6) is 5.75 Å². The number of aromatic nitrogens is 2. The van der Waals surface area contributed by atoms with Gasteiger partial charge in [-0.1, -0.05) is 35.0 Å².